The molecule has 1 N–H and O–H groups in total. The molecule has 0 unspecified atom stereocenters. The first kappa shape index (κ1) is 24.7. The minimum absolute atomic E-state index is 0.0468. The van der Waals surface area contributed by atoms with Gasteiger partial charge in [0.25, 0.3) is 0 Å². The number of rotatable bonds is 6. The van der Waals surface area contributed by atoms with Gasteiger partial charge in [-0.2, -0.15) is 17.5 Å². The van der Waals surface area contributed by atoms with Crippen LogP contribution in [0.25, 0.3) is 11.5 Å². The number of hydrogen-bond donors (Lipinski definition) is 1. The van der Waals surface area contributed by atoms with Crippen LogP contribution in [0.5, 0.6) is 5.75 Å². The van der Waals surface area contributed by atoms with Crippen molar-refractivity contribution in [2.45, 2.75) is 23.9 Å². The fourth-order valence-corrected chi connectivity index (χ4v) is 5.12. The van der Waals surface area contributed by atoms with Crippen molar-refractivity contribution in [2.24, 2.45) is 5.92 Å². The molecule has 1 saturated heterocycles. The third-order valence-electron chi connectivity index (χ3n) is 5.64. The van der Waals surface area contributed by atoms with Crippen LogP contribution in [0.3, 0.4) is 0 Å². The highest BCUT2D eigenvalue weighted by molar-refractivity contribution is 7.89. The molecule has 186 valence electrons. The van der Waals surface area contributed by atoms with Crippen LogP contribution in [-0.4, -0.2) is 49.0 Å². The van der Waals surface area contributed by atoms with E-state index in [1.807, 2.05) is 0 Å². The third kappa shape index (κ3) is 5.46. The number of amides is 1. The first-order valence-electron chi connectivity index (χ1n) is 10.5. The van der Waals surface area contributed by atoms with E-state index in [2.05, 4.69) is 15.5 Å². The number of sulfonamides is 1. The monoisotopic (exact) mass is 510 g/mol. The quantitative estimate of drug-likeness (QED) is 0.536. The third-order valence-corrected chi connectivity index (χ3v) is 7.55. The van der Waals surface area contributed by atoms with Gasteiger partial charge < -0.3 is 9.15 Å². The van der Waals surface area contributed by atoms with Crippen molar-refractivity contribution in [3.8, 4) is 17.2 Å². The summed E-state index contributed by atoms with van der Waals surface area (Å²) in [7, 11) is -2.21. The van der Waals surface area contributed by atoms with Gasteiger partial charge in [0.15, 0.2) is 0 Å². The molecule has 0 aliphatic carbocycles. The maximum atomic E-state index is 12.9. The Labute approximate surface area is 199 Å². The number of alkyl halides is 3. The van der Waals surface area contributed by atoms with Gasteiger partial charge in [0.2, 0.25) is 21.8 Å². The number of carbonyl (C=O) groups excluding carboxylic acids is 1. The maximum absolute atomic E-state index is 12.9. The second kappa shape index (κ2) is 9.66. The normalized spacial score (nSPS) is 15.7. The summed E-state index contributed by atoms with van der Waals surface area (Å²) in [5.41, 5.74) is -0.544. The molecular formula is C22H21F3N4O5S. The molecule has 0 radical (unpaired) electrons. The molecule has 1 aliphatic rings. The van der Waals surface area contributed by atoms with Crippen LogP contribution in [0.15, 0.2) is 57.8 Å². The summed E-state index contributed by atoms with van der Waals surface area (Å²) in [6, 6.07) is 10.1. The number of hydrogen-bond acceptors (Lipinski definition) is 7. The Balaban J connectivity index is 1.34. The van der Waals surface area contributed by atoms with Crippen molar-refractivity contribution in [1.29, 1.82) is 0 Å². The topological polar surface area (TPSA) is 115 Å². The number of halogens is 3. The molecule has 1 aromatic heterocycles. The van der Waals surface area contributed by atoms with E-state index in [9.17, 15) is 26.4 Å². The van der Waals surface area contributed by atoms with Crippen molar-refractivity contribution >= 4 is 21.9 Å². The Hall–Kier alpha value is -3.45. The van der Waals surface area contributed by atoms with Crippen LogP contribution in [-0.2, 0) is 21.0 Å². The molecule has 1 aliphatic heterocycles. The average Bonchev–Trinajstić information content (AvgIpc) is 3.32. The Morgan fingerprint density at radius 1 is 1.06 bits per heavy atom. The Morgan fingerprint density at radius 2 is 1.69 bits per heavy atom. The van der Waals surface area contributed by atoms with Gasteiger partial charge in [0.05, 0.1) is 17.6 Å². The van der Waals surface area contributed by atoms with Crippen LogP contribution in [0.2, 0.25) is 0 Å². The number of benzene rings is 2. The SMILES string of the molecule is COc1ccc(S(=O)(=O)N2CCC(C(=O)Nc3nnc(-c4ccc(C(F)(F)F)cc4)o3)CC2)cc1. The van der Waals surface area contributed by atoms with E-state index < -0.39 is 33.6 Å². The predicted molar refractivity (Wildman–Crippen MR) is 118 cm³/mol. The fraction of sp³-hybridized carbons (Fsp3) is 0.318. The summed E-state index contributed by atoms with van der Waals surface area (Å²) < 4.78 is 75.6. The van der Waals surface area contributed by atoms with Crippen LogP contribution in [0.1, 0.15) is 18.4 Å². The van der Waals surface area contributed by atoms with Gasteiger partial charge >= 0.3 is 12.2 Å². The molecule has 0 bridgehead atoms. The molecule has 1 amide bonds. The van der Waals surface area contributed by atoms with Crippen LogP contribution >= 0.6 is 0 Å². The molecule has 2 heterocycles. The van der Waals surface area contributed by atoms with Gasteiger partial charge in [-0.25, -0.2) is 8.42 Å². The fourth-order valence-electron chi connectivity index (χ4n) is 3.65. The van der Waals surface area contributed by atoms with E-state index in [0.29, 0.717) is 18.6 Å². The number of methoxy groups -OCH3 is 1. The highest BCUT2D eigenvalue weighted by Gasteiger charge is 2.33. The Morgan fingerprint density at radius 3 is 2.26 bits per heavy atom. The Kier molecular flexibility index (Phi) is 6.81. The standard InChI is InChI=1S/C22H21F3N4O5S/c1-33-17-6-8-18(9-7-17)35(31,32)29-12-10-14(11-13-29)19(30)26-21-28-27-20(34-21)15-2-4-16(5-3-15)22(23,24)25/h2-9,14H,10-13H2,1H3,(H,26,28,30). The summed E-state index contributed by atoms with van der Waals surface area (Å²) in [6.07, 6.45) is -3.88. The molecule has 4 rings (SSSR count). The van der Waals surface area contributed by atoms with E-state index in [-0.39, 0.29) is 35.5 Å². The molecule has 3 aromatic rings. The molecule has 1 fully saturated rings. The minimum atomic E-state index is -4.46. The molecule has 35 heavy (non-hydrogen) atoms. The molecular weight excluding hydrogens is 489 g/mol. The summed E-state index contributed by atoms with van der Waals surface area (Å²) >= 11 is 0. The number of nitrogens with zero attached hydrogens (tertiary/aromatic N) is 3. The first-order chi connectivity index (χ1) is 16.6. The van der Waals surface area contributed by atoms with E-state index in [1.165, 1.54) is 35.7 Å². The molecule has 9 nitrogen and oxygen atoms in total. The van der Waals surface area contributed by atoms with E-state index >= 15 is 0 Å². The molecule has 0 saturated carbocycles. The van der Waals surface area contributed by atoms with Gasteiger partial charge in [-0.15, -0.1) is 5.10 Å². The smallest absolute Gasteiger partial charge is 0.416 e. The summed E-state index contributed by atoms with van der Waals surface area (Å²) in [4.78, 5) is 12.8. The molecule has 2 aromatic carbocycles. The Bertz CT molecular complexity index is 1280. The van der Waals surface area contributed by atoms with Crippen molar-refractivity contribution < 1.29 is 35.5 Å². The number of piperidine rings is 1. The van der Waals surface area contributed by atoms with E-state index in [4.69, 9.17) is 9.15 Å². The van der Waals surface area contributed by atoms with Crippen molar-refractivity contribution in [3.63, 3.8) is 0 Å². The van der Waals surface area contributed by atoms with Crippen molar-refractivity contribution in [2.75, 3.05) is 25.5 Å². The maximum Gasteiger partial charge on any atom is 0.416 e. The highest BCUT2D eigenvalue weighted by Crippen LogP contribution is 2.31. The van der Waals surface area contributed by atoms with Gasteiger partial charge in [-0.1, -0.05) is 5.10 Å². The lowest BCUT2D eigenvalue weighted by molar-refractivity contribution is -0.137. The lowest BCUT2D eigenvalue weighted by Gasteiger charge is -2.30. The first-order valence-corrected chi connectivity index (χ1v) is 12.0. The molecule has 13 heteroatoms. The zero-order valence-electron chi connectivity index (χ0n) is 18.4. The number of nitrogens with one attached hydrogen (secondary N) is 1. The second-order valence-corrected chi connectivity index (χ2v) is 9.77. The number of carbonyl (C=O) groups is 1. The zero-order valence-corrected chi connectivity index (χ0v) is 19.3. The van der Waals surface area contributed by atoms with Crippen LogP contribution in [0, 0.1) is 5.92 Å². The van der Waals surface area contributed by atoms with Gasteiger partial charge in [0.1, 0.15) is 5.75 Å². The largest absolute Gasteiger partial charge is 0.497 e. The second-order valence-electron chi connectivity index (χ2n) is 7.83. The summed E-state index contributed by atoms with van der Waals surface area (Å²) in [6.45, 7) is 0.320. The van der Waals surface area contributed by atoms with Gasteiger partial charge in [0, 0.05) is 24.6 Å². The summed E-state index contributed by atoms with van der Waals surface area (Å²) in [5, 5.41) is 9.97. The lowest BCUT2D eigenvalue weighted by Crippen LogP contribution is -2.41. The number of anilines is 1. The molecule has 0 atom stereocenters. The van der Waals surface area contributed by atoms with Crippen LogP contribution in [0.4, 0.5) is 19.2 Å². The van der Waals surface area contributed by atoms with E-state index in [1.54, 1.807) is 12.1 Å². The van der Waals surface area contributed by atoms with E-state index in [0.717, 1.165) is 12.1 Å². The highest BCUT2D eigenvalue weighted by atomic mass is 32.2. The van der Waals surface area contributed by atoms with Crippen molar-refractivity contribution in [3.05, 3.63) is 54.1 Å². The lowest BCUT2D eigenvalue weighted by atomic mass is 9.97. The van der Waals surface area contributed by atoms with Crippen LogP contribution < -0.4 is 10.1 Å². The average molecular weight is 510 g/mol. The van der Waals surface area contributed by atoms with Gasteiger partial charge in [-0.05, 0) is 61.4 Å². The predicted octanol–water partition coefficient (Wildman–Crippen LogP) is 3.80. The molecule has 0 spiro atoms. The number of ether oxygens (including phenoxy) is 1. The summed E-state index contributed by atoms with van der Waals surface area (Å²) in [5.74, 6) is -0.385. The zero-order chi connectivity index (χ0) is 25.2. The van der Waals surface area contributed by atoms with Crippen molar-refractivity contribution in [1.82, 2.24) is 14.5 Å². The number of aromatic nitrogens is 2. The van der Waals surface area contributed by atoms with Gasteiger partial charge in [-0.3, -0.25) is 10.1 Å². The minimum Gasteiger partial charge on any atom is -0.497 e.